The lowest BCUT2D eigenvalue weighted by molar-refractivity contribution is 0.245. The minimum atomic E-state index is 0.612. The van der Waals surface area contributed by atoms with E-state index in [2.05, 4.69) is 40.2 Å². The van der Waals surface area contributed by atoms with Gasteiger partial charge in [-0.2, -0.15) is 4.98 Å². The Hall–Kier alpha value is -3.32. The molecule has 2 aromatic carbocycles. The van der Waals surface area contributed by atoms with Crippen molar-refractivity contribution in [3.05, 3.63) is 59.5 Å². The van der Waals surface area contributed by atoms with Gasteiger partial charge in [0.05, 0.1) is 33.4 Å². The van der Waals surface area contributed by atoms with E-state index in [0.717, 1.165) is 48.6 Å². The van der Waals surface area contributed by atoms with E-state index in [-0.39, 0.29) is 0 Å². The summed E-state index contributed by atoms with van der Waals surface area (Å²) in [7, 11) is 4.96. The van der Waals surface area contributed by atoms with Crippen molar-refractivity contribution in [2.45, 2.75) is 26.3 Å². The topological polar surface area (TPSA) is 69.9 Å². The van der Waals surface area contributed by atoms with E-state index in [0.29, 0.717) is 24.0 Å². The molecule has 3 aromatic rings. The number of aromatic nitrogens is 2. The van der Waals surface area contributed by atoms with Gasteiger partial charge in [-0.1, -0.05) is 42.4 Å². The molecule has 0 amide bonds. The van der Waals surface area contributed by atoms with Crippen LogP contribution in [0.3, 0.4) is 0 Å². The molecule has 168 valence electrons. The van der Waals surface area contributed by atoms with Crippen molar-refractivity contribution >= 4 is 5.57 Å². The van der Waals surface area contributed by atoms with Gasteiger partial charge in [-0.3, -0.25) is 4.90 Å². The fourth-order valence-corrected chi connectivity index (χ4v) is 3.92. The first-order valence-corrected chi connectivity index (χ1v) is 10.8. The molecule has 0 saturated heterocycles. The zero-order valence-corrected chi connectivity index (χ0v) is 19.1. The van der Waals surface area contributed by atoms with Gasteiger partial charge >= 0.3 is 0 Å². The van der Waals surface area contributed by atoms with E-state index in [1.165, 1.54) is 11.1 Å². The van der Waals surface area contributed by atoms with E-state index in [1.807, 2.05) is 24.3 Å². The van der Waals surface area contributed by atoms with Crippen LogP contribution in [0.25, 0.3) is 17.0 Å². The molecule has 0 saturated carbocycles. The zero-order valence-electron chi connectivity index (χ0n) is 19.1. The Morgan fingerprint density at radius 3 is 2.28 bits per heavy atom. The van der Waals surface area contributed by atoms with Crippen LogP contribution < -0.4 is 14.2 Å². The Labute approximate surface area is 188 Å². The molecule has 0 atom stereocenters. The summed E-state index contributed by atoms with van der Waals surface area (Å²) in [6, 6.07) is 12.1. The second-order valence-corrected chi connectivity index (χ2v) is 7.68. The number of aryl methyl sites for hydroxylation is 1. The Kier molecular flexibility index (Phi) is 6.75. The largest absolute Gasteiger partial charge is 0.496 e. The molecule has 0 unspecified atom stereocenters. The summed E-state index contributed by atoms with van der Waals surface area (Å²) in [6.07, 6.45) is 4.08. The molecule has 0 N–H and O–H groups in total. The molecule has 1 aliphatic heterocycles. The van der Waals surface area contributed by atoms with Crippen LogP contribution in [0.2, 0.25) is 0 Å². The minimum Gasteiger partial charge on any atom is -0.496 e. The first-order chi connectivity index (χ1) is 15.6. The van der Waals surface area contributed by atoms with Crippen molar-refractivity contribution in [3.8, 4) is 28.6 Å². The standard InChI is InChI=1S/C25H29N3O4/c1-5-17-6-8-19(9-7-17)25-26-23(32-27-25)16-28-12-10-18(11-13-28)24-21(30-3)14-20(29-2)15-22(24)31-4/h6-10,14-15H,5,11-13,16H2,1-4H3. The van der Waals surface area contributed by atoms with Crippen molar-refractivity contribution in [3.63, 3.8) is 0 Å². The Bertz CT molecular complexity index is 1060. The van der Waals surface area contributed by atoms with Crippen molar-refractivity contribution < 1.29 is 18.7 Å². The van der Waals surface area contributed by atoms with Gasteiger partial charge in [0.25, 0.3) is 0 Å². The highest BCUT2D eigenvalue weighted by atomic mass is 16.5. The summed E-state index contributed by atoms with van der Waals surface area (Å²) < 4.78 is 22.1. The highest BCUT2D eigenvalue weighted by molar-refractivity contribution is 5.77. The van der Waals surface area contributed by atoms with Crippen LogP contribution in [0.5, 0.6) is 17.2 Å². The van der Waals surface area contributed by atoms with Crippen molar-refractivity contribution in [1.82, 2.24) is 15.0 Å². The van der Waals surface area contributed by atoms with E-state index >= 15 is 0 Å². The third-order valence-corrected chi connectivity index (χ3v) is 5.78. The highest BCUT2D eigenvalue weighted by Crippen LogP contribution is 2.40. The molecule has 0 aliphatic carbocycles. The summed E-state index contributed by atoms with van der Waals surface area (Å²) in [5.41, 5.74) is 4.43. The number of nitrogens with zero attached hydrogens (tertiary/aromatic N) is 3. The first-order valence-electron chi connectivity index (χ1n) is 10.8. The number of ether oxygens (including phenoxy) is 3. The van der Waals surface area contributed by atoms with E-state index in [9.17, 15) is 0 Å². The molecule has 2 heterocycles. The number of hydrogen-bond donors (Lipinski definition) is 0. The third kappa shape index (κ3) is 4.62. The number of hydrogen-bond acceptors (Lipinski definition) is 7. The van der Waals surface area contributed by atoms with Crippen LogP contribution in [-0.2, 0) is 13.0 Å². The number of methoxy groups -OCH3 is 3. The average molecular weight is 436 g/mol. The van der Waals surface area contributed by atoms with Crippen LogP contribution in [-0.4, -0.2) is 49.5 Å². The summed E-state index contributed by atoms with van der Waals surface area (Å²) in [5.74, 6) is 3.45. The molecule has 4 rings (SSSR count). The third-order valence-electron chi connectivity index (χ3n) is 5.78. The van der Waals surface area contributed by atoms with Gasteiger partial charge in [0.1, 0.15) is 17.2 Å². The van der Waals surface area contributed by atoms with Gasteiger partial charge < -0.3 is 18.7 Å². The predicted octanol–water partition coefficient (Wildman–Crippen LogP) is 4.61. The van der Waals surface area contributed by atoms with Crippen molar-refractivity contribution in [2.24, 2.45) is 0 Å². The summed E-state index contributed by atoms with van der Waals surface area (Å²) in [6.45, 7) is 4.39. The summed E-state index contributed by atoms with van der Waals surface area (Å²) >= 11 is 0. The second-order valence-electron chi connectivity index (χ2n) is 7.68. The first kappa shape index (κ1) is 21.9. The van der Waals surface area contributed by atoms with Crippen LogP contribution in [0, 0.1) is 0 Å². The van der Waals surface area contributed by atoms with Crippen LogP contribution >= 0.6 is 0 Å². The Morgan fingerprint density at radius 2 is 1.72 bits per heavy atom. The average Bonchev–Trinajstić information content (AvgIpc) is 3.32. The lowest BCUT2D eigenvalue weighted by Gasteiger charge is -2.26. The fraction of sp³-hybridized carbons (Fsp3) is 0.360. The number of rotatable bonds is 8. The van der Waals surface area contributed by atoms with Gasteiger partial charge in [-0.25, -0.2) is 0 Å². The molecule has 7 nitrogen and oxygen atoms in total. The van der Waals surface area contributed by atoms with E-state index in [4.69, 9.17) is 18.7 Å². The Balaban J connectivity index is 1.46. The molecule has 1 aliphatic rings. The normalized spacial score (nSPS) is 14.2. The zero-order chi connectivity index (χ0) is 22.5. The number of benzene rings is 2. The van der Waals surface area contributed by atoms with Gasteiger partial charge in [0, 0.05) is 30.8 Å². The molecular formula is C25H29N3O4. The second kappa shape index (κ2) is 9.87. The molecular weight excluding hydrogens is 406 g/mol. The van der Waals surface area contributed by atoms with Crippen LogP contribution in [0.4, 0.5) is 0 Å². The molecule has 32 heavy (non-hydrogen) atoms. The minimum absolute atomic E-state index is 0.612. The smallest absolute Gasteiger partial charge is 0.241 e. The van der Waals surface area contributed by atoms with Crippen molar-refractivity contribution in [2.75, 3.05) is 34.4 Å². The SMILES string of the molecule is CCc1ccc(-c2noc(CN3CC=C(c4c(OC)cc(OC)cc4OC)CC3)n2)cc1. The highest BCUT2D eigenvalue weighted by Gasteiger charge is 2.22. The molecule has 0 bridgehead atoms. The molecule has 7 heteroatoms. The maximum Gasteiger partial charge on any atom is 0.241 e. The van der Waals surface area contributed by atoms with Gasteiger partial charge in [0.2, 0.25) is 11.7 Å². The van der Waals surface area contributed by atoms with Crippen LogP contribution in [0.1, 0.15) is 30.4 Å². The Morgan fingerprint density at radius 1 is 1.00 bits per heavy atom. The molecule has 0 radical (unpaired) electrons. The van der Waals surface area contributed by atoms with Gasteiger partial charge in [-0.15, -0.1) is 0 Å². The lowest BCUT2D eigenvalue weighted by atomic mass is 9.97. The maximum absolute atomic E-state index is 5.62. The van der Waals surface area contributed by atoms with Gasteiger partial charge in [0.15, 0.2) is 0 Å². The lowest BCUT2D eigenvalue weighted by Crippen LogP contribution is -2.28. The monoisotopic (exact) mass is 435 g/mol. The predicted molar refractivity (Wildman–Crippen MR) is 123 cm³/mol. The van der Waals surface area contributed by atoms with Gasteiger partial charge in [-0.05, 0) is 24.0 Å². The molecule has 0 spiro atoms. The molecule has 1 aromatic heterocycles. The van der Waals surface area contributed by atoms with E-state index in [1.54, 1.807) is 21.3 Å². The quantitative estimate of drug-likeness (QED) is 0.511. The van der Waals surface area contributed by atoms with E-state index < -0.39 is 0 Å². The molecule has 0 fully saturated rings. The summed E-state index contributed by atoms with van der Waals surface area (Å²) in [4.78, 5) is 6.87. The maximum atomic E-state index is 5.62. The van der Waals surface area contributed by atoms with Crippen LogP contribution in [0.15, 0.2) is 47.0 Å². The fourth-order valence-electron chi connectivity index (χ4n) is 3.92. The van der Waals surface area contributed by atoms with Crippen molar-refractivity contribution in [1.29, 1.82) is 0 Å². The summed E-state index contributed by atoms with van der Waals surface area (Å²) in [5, 5.41) is 4.16.